The molecule has 0 unspecified atom stereocenters. The lowest BCUT2D eigenvalue weighted by Gasteiger charge is -2.32. The van der Waals surface area contributed by atoms with Crippen LogP contribution in [0.15, 0.2) is 48.5 Å². The van der Waals surface area contributed by atoms with Crippen LogP contribution in [0.3, 0.4) is 0 Å². The van der Waals surface area contributed by atoms with Crippen LogP contribution in [-0.4, -0.2) is 54.8 Å². The first-order chi connectivity index (χ1) is 16.1. The average molecular weight is 468 g/mol. The summed E-state index contributed by atoms with van der Waals surface area (Å²) in [5.74, 6) is -6.28. The van der Waals surface area contributed by atoms with Crippen LogP contribution in [0.5, 0.6) is 34.5 Å². The van der Waals surface area contributed by atoms with Gasteiger partial charge in [0.15, 0.2) is 34.5 Å². The van der Waals surface area contributed by atoms with E-state index in [1.54, 1.807) is 0 Å². The van der Waals surface area contributed by atoms with E-state index >= 15 is 0 Å². The van der Waals surface area contributed by atoms with Crippen LogP contribution in [0.2, 0.25) is 0 Å². The van der Waals surface area contributed by atoms with Crippen LogP contribution in [0, 0.1) is 0 Å². The molecule has 10 heteroatoms. The van der Waals surface area contributed by atoms with Crippen molar-refractivity contribution in [2.45, 2.75) is 25.0 Å². The predicted molar refractivity (Wildman–Crippen MR) is 115 cm³/mol. The van der Waals surface area contributed by atoms with Crippen LogP contribution in [0.1, 0.15) is 31.8 Å². The van der Waals surface area contributed by atoms with E-state index in [4.69, 9.17) is 9.47 Å². The number of ether oxygens (including phenoxy) is 2. The maximum absolute atomic E-state index is 12.7. The maximum atomic E-state index is 12.7. The second-order valence-corrected chi connectivity index (χ2v) is 7.79. The second kappa shape index (κ2) is 8.74. The van der Waals surface area contributed by atoms with Gasteiger partial charge in [-0.15, -0.1) is 0 Å². The standard InChI is InChI=1S/C24H20O10/c25-15-5-13(6-16(26)21(15)29)23(31)33-19-9-11-3-1-2-4-12(11)10-20(19)34-24(32)14-7-17(27)22(30)18(28)8-14/h1-8,19-20,25-30H,9-10H2/t19-,20+. The lowest BCUT2D eigenvalue weighted by atomic mass is 9.87. The third kappa shape index (κ3) is 4.33. The third-order valence-electron chi connectivity index (χ3n) is 5.50. The first kappa shape index (κ1) is 22.6. The normalized spacial score (nSPS) is 16.9. The van der Waals surface area contributed by atoms with Gasteiger partial charge in [0.1, 0.15) is 12.2 Å². The summed E-state index contributed by atoms with van der Waals surface area (Å²) in [6, 6.07) is 11.0. The van der Waals surface area contributed by atoms with E-state index in [2.05, 4.69) is 0 Å². The number of carbonyl (C=O) groups is 2. The molecule has 4 rings (SSSR count). The number of benzene rings is 3. The molecule has 1 aliphatic carbocycles. The molecule has 2 atom stereocenters. The van der Waals surface area contributed by atoms with Crippen molar-refractivity contribution in [1.82, 2.24) is 0 Å². The number of aromatic hydroxyl groups is 6. The fraction of sp³-hybridized carbons (Fsp3) is 0.167. The van der Waals surface area contributed by atoms with Gasteiger partial charge in [0.25, 0.3) is 0 Å². The molecular formula is C24H20O10. The highest BCUT2D eigenvalue weighted by atomic mass is 16.6. The highest BCUT2D eigenvalue weighted by Gasteiger charge is 2.35. The SMILES string of the molecule is O=C(O[C@H]1Cc2ccccc2C[C@H]1OC(=O)c1cc(O)c(O)c(O)c1)c1cc(O)c(O)c(O)c1. The molecule has 10 nitrogen and oxygen atoms in total. The molecule has 0 saturated heterocycles. The summed E-state index contributed by atoms with van der Waals surface area (Å²) in [6.07, 6.45) is -1.52. The Bertz CT molecular complexity index is 1140. The fourth-order valence-electron chi connectivity index (χ4n) is 3.74. The van der Waals surface area contributed by atoms with E-state index in [0.29, 0.717) is 0 Å². The number of esters is 2. The molecular weight excluding hydrogens is 448 g/mol. The maximum Gasteiger partial charge on any atom is 0.338 e. The smallest absolute Gasteiger partial charge is 0.338 e. The van der Waals surface area contributed by atoms with E-state index in [1.807, 2.05) is 24.3 Å². The van der Waals surface area contributed by atoms with Gasteiger partial charge >= 0.3 is 11.9 Å². The number of carbonyl (C=O) groups excluding carboxylic acids is 2. The quantitative estimate of drug-likeness (QED) is 0.246. The Balaban J connectivity index is 1.60. The minimum atomic E-state index is -0.955. The zero-order chi connectivity index (χ0) is 24.6. The molecule has 0 fully saturated rings. The number of phenols is 6. The molecule has 1 aliphatic rings. The number of hydrogen-bond donors (Lipinski definition) is 6. The molecule has 0 heterocycles. The van der Waals surface area contributed by atoms with Crippen molar-refractivity contribution in [3.63, 3.8) is 0 Å². The van der Waals surface area contributed by atoms with Gasteiger partial charge in [-0.05, 0) is 35.4 Å². The summed E-state index contributed by atoms with van der Waals surface area (Å²) >= 11 is 0. The van der Waals surface area contributed by atoms with E-state index < -0.39 is 58.6 Å². The van der Waals surface area contributed by atoms with Gasteiger partial charge in [-0.3, -0.25) is 0 Å². The first-order valence-electron chi connectivity index (χ1n) is 10.1. The molecule has 3 aromatic carbocycles. The molecule has 0 amide bonds. The fourth-order valence-corrected chi connectivity index (χ4v) is 3.74. The van der Waals surface area contributed by atoms with Crippen molar-refractivity contribution in [1.29, 1.82) is 0 Å². The van der Waals surface area contributed by atoms with Crippen LogP contribution in [-0.2, 0) is 22.3 Å². The van der Waals surface area contributed by atoms with Crippen LogP contribution in [0.4, 0.5) is 0 Å². The molecule has 0 aromatic heterocycles. The van der Waals surface area contributed by atoms with Gasteiger partial charge in [0, 0.05) is 12.8 Å². The molecule has 0 aliphatic heterocycles. The molecule has 6 N–H and O–H groups in total. The van der Waals surface area contributed by atoms with Gasteiger partial charge < -0.3 is 40.1 Å². The molecule has 0 spiro atoms. The number of rotatable bonds is 4. The molecule has 3 aromatic rings. The highest BCUT2D eigenvalue weighted by molar-refractivity contribution is 5.92. The summed E-state index contributed by atoms with van der Waals surface area (Å²) in [4.78, 5) is 25.4. The van der Waals surface area contributed by atoms with E-state index in [0.717, 1.165) is 35.4 Å². The molecule has 0 saturated carbocycles. The Morgan fingerprint density at radius 3 is 1.26 bits per heavy atom. The Labute approximate surface area is 192 Å². The molecule has 0 radical (unpaired) electrons. The lowest BCUT2D eigenvalue weighted by molar-refractivity contribution is -0.0389. The van der Waals surface area contributed by atoms with Crippen molar-refractivity contribution in [2.75, 3.05) is 0 Å². The monoisotopic (exact) mass is 468 g/mol. The van der Waals surface area contributed by atoms with Gasteiger partial charge in [-0.1, -0.05) is 24.3 Å². The van der Waals surface area contributed by atoms with Gasteiger partial charge in [0.2, 0.25) is 0 Å². The molecule has 176 valence electrons. The molecule has 0 bridgehead atoms. The van der Waals surface area contributed by atoms with Crippen molar-refractivity contribution in [3.8, 4) is 34.5 Å². The Hall–Kier alpha value is -4.60. The Morgan fingerprint density at radius 2 is 0.941 bits per heavy atom. The second-order valence-electron chi connectivity index (χ2n) is 7.79. The number of hydrogen-bond acceptors (Lipinski definition) is 10. The predicted octanol–water partition coefficient (Wildman–Crippen LogP) is 2.47. The van der Waals surface area contributed by atoms with Crippen molar-refractivity contribution >= 4 is 11.9 Å². The van der Waals surface area contributed by atoms with Crippen molar-refractivity contribution in [3.05, 3.63) is 70.8 Å². The van der Waals surface area contributed by atoms with E-state index in [1.165, 1.54) is 0 Å². The third-order valence-corrected chi connectivity index (χ3v) is 5.50. The summed E-state index contributed by atoms with van der Waals surface area (Å²) < 4.78 is 11.1. The first-order valence-corrected chi connectivity index (χ1v) is 10.1. The topological polar surface area (TPSA) is 174 Å². The van der Waals surface area contributed by atoms with Crippen LogP contribution < -0.4 is 0 Å². The zero-order valence-corrected chi connectivity index (χ0v) is 17.5. The van der Waals surface area contributed by atoms with Gasteiger partial charge in [0.05, 0.1) is 11.1 Å². The zero-order valence-electron chi connectivity index (χ0n) is 17.5. The minimum absolute atomic E-state index is 0.196. The van der Waals surface area contributed by atoms with Crippen LogP contribution in [0.25, 0.3) is 0 Å². The Kier molecular flexibility index (Phi) is 5.80. The Morgan fingerprint density at radius 1 is 0.618 bits per heavy atom. The van der Waals surface area contributed by atoms with Crippen LogP contribution >= 0.6 is 0 Å². The van der Waals surface area contributed by atoms with E-state index in [-0.39, 0.29) is 24.0 Å². The van der Waals surface area contributed by atoms with E-state index in [9.17, 15) is 40.2 Å². The minimum Gasteiger partial charge on any atom is -0.504 e. The summed E-state index contributed by atoms with van der Waals surface area (Å²) in [5.41, 5.74) is 1.27. The highest BCUT2D eigenvalue weighted by Crippen LogP contribution is 2.37. The average Bonchev–Trinajstić information content (AvgIpc) is 2.80. The lowest BCUT2D eigenvalue weighted by Crippen LogP contribution is -2.41. The number of phenolic OH excluding ortho intramolecular Hbond substituents is 6. The summed E-state index contributed by atoms with van der Waals surface area (Å²) in [5, 5.41) is 57.7. The van der Waals surface area contributed by atoms with Gasteiger partial charge in [-0.25, -0.2) is 9.59 Å². The molecule has 34 heavy (non-hydrogen) atoms. The largest absolute Gasteiger partial charge is 0.504 e. The summed E-state index contributed by atoms with van der Waals surface area (Å²) in [6.45, 7) is 0. The van der Waals surface area contributed by atoms with Crippen molar-refractivity contribution < 1.29 is 49.7 Å². The van der Waals surface area contributed by atoms with Crippen molar-refractivity contribution in [2.24, 2.45) is 0 Å². The summed E-state index contributed by atoms with van der Waals surface area (Å²) in [7, 11) is 0. The van der Waals surface area contributed by atoms with Gasteiger partial charge in [-0.2, -0.15) is 0 Å². The number of fused-ring (bicyclic) bond motifs is 1.